The summed E-state index contributed by atoms with van der Waals surface area (Å²) in [5.74, 6) is -0.599. The highest BCUT2D eigenvalue weighted by molar-refractivity contribution is 5.96. The number of fused-ring (bicyclic) bond motifs is 1. The largest absolute Gasteiger partial charge is 0.462 e. The van der Waals surface area contributed by atoms with Crippen LogP contribution in [0.3, 0.4) is 0 Å². The molecule has 30 heavy (non-hydrogen) atoms. The maximum atomic E-state index is 15.1. The first-order valence-electron chi connectivity index (χ1n) is 11.1. The molecule has 0 bridgehead atoms. The van der Waals surface area contributed by atoms with E-state index < -0.39 is 0 Å². The molecule has 3 rings (SSSR count). The van der Waals surface area contributed by atoms with Crippen LogP contribution in [-0.4, -0.2) is 12.6 Å². The van der Waals surface area contributed by atoms with Crippen molar-refractivity contribution in [3.8, 4) is 0 Å². The van der Waals surface area contributed by atoms with E-state index in [9.17, 15) is 4.79 Å². The summed E-state index contributed by atoms with van der Waals surface area (Å²) < 4.78 is 20.5. The van der Waals surface area contributed by atoms with Crippen molar-refractivity contribution in [3.63, 3.8) is 0 Å². The fourth-order valence-electron chi connectivity index (χ4n) is 4.35. The van der Waals surface area contributed by atoms with Crippen molar-refractivity contribution in [2.45, 2.75) is 66.2 Å². The molecule has 0 spiro atoms. The van der Waals surface area contributed by atoms with Crippen molar-refractivity contribution in [1.82, 2.24) is 0 Å². The highest BCUT2D eigenvalue weighted by Crippen LogP contribution is 2.41. The molecule has 0 radical (unpaired) electrons. The Balaban J connectivity index is 1.82. The van der Waals surface area contributed by atoms with Crippen LogP contribution in [0.5, 0.6) is 0 Å². The minimum atomic E-state index is -0.348. The van der Waals surface area contributed by atoms with Gasteiger partial charge in [-0.3, -0.25) is 0 Å². The number of benzene rings is 2. The number of carbonyl (C=O) groups is 1. The number of halogens is 1. The number of ether oxygens (including phenoxy) is 1. The van der Waals surface area contributed by atoms with E-state index in [0.29, 0.717) is 28.5 Å². The fraction of sp³-hybridized carbons (Fsp3) is 0.444. The topological polar surface area (TPSA) is 26.3 Å². The number of esters is 1. The average molecular weight is 409 g/mol. The highest BCUT2D eigenvalue weighted by atomic mass is 19.1. The lowest BCUT2D eigenvalue weighted by molar-refractivity contribution is 0.0498. The number of hydrogen-bond donors (Lipinski definition) is 0. The molecule has 2 aromatic carbocycles. The Hall–Kier alpha value is -2.42. The molecule has 3 heteroatoms. The second-order valence-corrected chi connectivity index (χ2v) is 9.01. The van der Waals surface area contributed by atoms with Gasteiger partial charge in [0.2, 0.25) is 0 Å². The Kier molecular flexibility index (Phi) is 7.12. The number of unbranched alkanes of at least 4 members (excludes halogenated alkanes) is 2. The summed E-state index contributed by atoms with van der Waals surface area (Å²) in [5.41, 5.74) is 3.86. The molecule has 160 valence electrons. The van der Waals surface area contributed by atoms with Gasteiger partial charge >= 0.3 is 5.97 Å². The minimum Gasteiger partial charge on any atom is -0.462 e. The van der Waals surface area contributed by atoms with Crippen molar-refractivity contribution in [2.75, 3.05) is 6.61 Å². The van der Waals surface area contributed by atoms with E-state index in [4.69, 9.17) is 4.74 Å². The van der Waals surface area contributed by atoms with Crippen LogP contribution < -0.4 is 0 Å². The summed E-state index contributed by atoms with van der Waals surface area (Å²) in [6.07, 6.45) is 10.4. The van der Waals surface area contributed by atoms with Gasteiger partial charge in [-0.25, -0.2) is 9.18 Å². The third-order valence-corrected chi connectivity index (χ3v) is 6.17. The lowest BCUT2D eigenvalue weighted by atomic mass is 9.72. The van der Waals surface area contributed by atoms with Crippen molar-refractivity contribution >= 4 is 22.8 Å². The SMILES string of the molecule is CCCCCOC(=O)c1ccc2c(F)c(C=CC3=C(C)CCCC3(C)C)ccc2c1. The molecule has 0 atom stereocenters. The van der Waals surface area contributed by atoms with E-state index in [0.717, 1.165) is 32.1 Å². The summed E-state index contributed by atoms with van der Waals surface area (Å²) in [6, 6.07) is 8.71. The third-order valence-electron chi connectivity index (χ3n) is 6.17. The van der Waals surface area contributed by atoms with Crippen LogP contribution in [0.1, 0.15) is 82.1 Å². The molecule has 0 unspecified atom stereocenters. The van der Waals surface area contributed by atoms with Crippen molar-refractivity contribution in [2.24, 2.45) is 5.41 Å². The second kappa shape index (κ2) is 9.59. The van der Waals surface area contributed by atoms with E-state index in [2.05, 4.69) is 33.8 Å². The van der Waals surface area contributed by atoms with Crippen LogP contribution in [-0.2, 0) is 4.74 Å². The van der Waals surface area contributed by atoms with Gasteiger partial charge in [0.25, 0.3) is 0 Å². The minimum absolute atomic E-state index is 0.124. The summed E-state index contributed by atoms with van der Waals surface area (Å²) in [4.78, 5) is 12.2. The van der Waals surface area contributed by atoms with Gasteiger partial charge in [-0.1, -0.05) is 69.5 Å². The molecule has 2 aromatic rings. The molecule has 0 heterocycles. The lowest BCUT2D eigenvalue weighted by Gasteiger charge is -2.32. The van der Waals surface area contributed by atoms with E-state index in [1.54, 1.807) is 24.3 Å². The van der Waals surface area contributed by atoms with E-state index in [1.807, 2.05) is 12.1 Å². The van der Waals surface area contributed by atoms with Gasteiger partial charge in [0, 0.05) is 10.9 Å². The molecule has 1 aliphatic carbocycles. The number of allylic oxidation sites excluding steroid dienone is 3. The van der Waals surface area contributed by atoms with Gasteiger partial charge in [-0.15, -0.1) is 0 Å². The molecular formula is C27H33FO2. The predicted octanol–water partition coefficient (Wildman–Crippen LogP) is 7.87. The van der Waals surface area contributed by atoms with Crippen molar-refractivity contribution in [3.05, 3.63) is 64.5 Å². The number of carbonyl (C=O) groups excluding carboxylic acids is 1. The summed E-state index contributed by atoms with van der Waals surface area (Å²) in [7, 11) is 0. The average Bonchev–Trinajstić information content (AvgIpc) is 2.71. The molecule has 0 N–H and O–H groups in total. The molecule has 1 aliphatic rings. The molecule has 0 saturated carbocycles. The quantitative estimate of drug-likeness (QED) is 0.344. The second-order valence-electron chi connectivity index (χ2n) is 9.01. The molecule has 0 aliphatic heterocycles. The van der Waals surface area contributed by atoms with Crippen LogP contribution >= 0.6 is 0 Å². The van der Waals surface area contributed by atoms with Gasteiger partial charge in [0.05, 0.1) is 12.2 Å². The van der Waals surface area contributed by atoms with Crippen LogP contribution in [0.25, 0.3) is 16.8 Å². The first-order valence-corrected chi connectivity index (χ1v) is 11.1. The van der Waals surface area contributed by atoms with Gasteiger partial charge in [0.1, 0.15) is 5.82 Å². The Labute approximate surface area is 179 Å². The van der Waals surface area contributed by atoms with E-state index in [1.165, 1.54) is 17.6 Å². The molecule has 0 aromatic heterocycles. The van der Waals surface area contributed by atoms with Crippen LogP contribution in [0.2, 0.25) is 0 Å². The monoisotopic (exact) mass is 408 g/mol. The van der Waals surface area contributed by atoms with E-state index in [-0.39, 0.29) is 17.2 Å². The molecule has 0 amide bonds. The van der Waals surface area contributed by atoms with Crippen molar-refractivity contribution in [1.29, 1.82) is 0 Å². The molecule has 2 nitrogen and oxygen atoms in total. The summed E-state index contributed by atoms with van der Waals surface area (Å²) >= 11 is 0. The standard InChI is InChI=1S/C27H33FO2/c1-5-6-7-17-30-26(29)22-12-14-23-21(18-22)11-10-20(25(23)28)13-15-24-19(2)9-8-16-27(24,3)4/h10-15,18H,5-9,16-17H2,1-4H3. The number of hydrogen-bond acceptors (Lipinski definition) is 2. The Morgan fingerprint density at radius 2 is 1.97 bits per heavy atom. The lowest BCUT2D eigenvalue weighted by Crippen LogP contribution is -2.18. The first-order chi connectivity index (χ1) is 14.3. The zero-order valence-electron chi connectivity index (χ0n) is 18.7. The normalized spacial score (nSPS) is 16.4. The predicted molar refractivity (Wildman–Crippen MR) is 123 cm³/mol. The molecule has 0 fully saturated rings. The smallest absolute Gasteiger partial charge is 0.338 e. The van der Waals surface area contributed by atoms with Crippen molar-refractivity contribution < 1.29 is 13.9 Å². The Morgan fingerprint density at radius 1 is 1.17 bits per heavy atom. The third kappa shape index (κ3) is 5.00. The Bertz CT molecular complexity index is 982. The van der Waals surface area contributed by atoms with Gasteiger partial charge in [-0.2, -0.15) is 0 Å². The van der Waals surface area contributed by atoms with Crippen LogP contribution in [0.15, 0.2) is 47.6 Å². The van der Waals surface area contributed by atoms with Gasteiger partial charge in [-0.05, 0) is 61.1 Å². The zero-order valence-corrected chi connectivity index (χ0v) is 18.7. The van der Waals surface area contributed by atoms with Gasteiger partial charge < -0.3 is 4.74 Å². The Morgan fingerprint density at radius 3 is 2.70 bits per heavy atom. The van der Waals surface area contributed by atoms with Crippen LogP contribution in [0.4, 0.5) is 4.39 Å². The fourth-order valence-corrected chi connectivity index (χ4v) is 4.35. The maximum Gasteiger partial charge on any atom is 0.338 e. The highest BCUT2D eigenvalue weighted by Gasteiger charge is 2.26. The van der Waals surface area contributed by atoms with E-state index >= 15 is 4.39 Å². The molecular weight excluding hydrogens is 375 g/mol. The van der Waals surface area contributed by atoms with Crippen LogP contribution in [0, 0.1) is 11.2 Å². The van der Waals surface area contributed by atoms with Gasteiger partial charge in [0.15, 0.2) is 0 Å². The summed E-state index contributed by atoms with van der Waals surface area (Å²) in [5, 5.41) is 1.23. The maximum absolute atomic E-state index is 15.1. The first kappa shape index (κ1) is 22.3. The molecule has 0 saturated heterocycles. The summed E-state index contributed by atoms with van der Waals surface area (Å²) in [6.45, 7) is 9.23. The number of rotatable bonds is 7. The zero-order chi connectivity index (χ0) is 21.7.